The highest BCUT2D eigenvalue weighted by molar-refractivity contribution is 7.89. The van der Waals surface area contributed by atoms with Crippen molar-refractivity contribution in [2.75, 3.05) is 13.7 Å². The molecule has 1 aliphatic carbocycles. The molecule has 9 heteroatoms. The van der Waals surface area contributed by atoms with E-state index in [0.29, 0.717) is 35.5 Å². The van der Waals surface area contributed by atoms with E-state index in [4.69, 9.17) is 14.6 Å². The van der Waals surface area contributed by atoms with Crippen LogP contribution in [0.3, 0.4) is 0 Å². The quantitative estimate of drug-likeness (QED) is 0.493. The third-order valence-corrected chi connectivity index (χ3v) is 7.21. The molecule has 2 N–H and O–H groups in total. The molecule has 34 heavy (non-hydrogen) atoms. The number of methoxy groups -OCH3 is 1. The second-order valence-corrected chi connectivity index (χ2v) is 9.69. The Hall–Kier alpha value is -3.43. The molecule has 0 fully saturated rings. The van der Waals surface area contributed by atoms with Gasteiger partial charge in [-0.2, -0.15) is 0 Å². The van der Waals surface area contributed by atoms with E-state index in [0.717, 1.165) is 17.5 Å². The summed E-state index contributed by atoms with van der Waals surface area (Å²) in [4.78, 5) is 11.0. The molecule has 4 rings (SSSR count). The molecule has 0 heterocycles. The zero-order valence-electron chi connectivity index (χ0n) is 18.5. The van der Waals surface area contributed by atoms with Gasteiger partial charge in [0.05, 0.1) is 12.0 Å². The molecule has 0 saturated heterocycles. The van der Waals surface area contributed by atoms with Gasteiger partial charge in [0, 0.05) is 12.1 Å². The van der Waals surface area contributed by atoms with E-state index < -0.39 is 34.5 Å². The van der Waals surface area contributed by atoms with Crippen LogP contribution in [0.15, 0.2) is 65.6 Å². The summed E-state index contributed by atoms with van der Waals surface area (Å²) in [6.07, 6.45) is 2.01. The second kappa shape index (κ2) is 9.82. The van der Waals surface area contributed by atoms with Crippen LogP contribution in [-0.4, -0.2) is 33.2 Å². The van der Waals surface area contributed by atoms with Crippen LogP contribution in [0.2, 0.25) is 0 Å². The van der Waals surface area contributed by atoms with Crippen LogP contribution in [0.25, 0.3) is 11.1 Å². The van der Waals surface area contributed by atoms with Gasteiger partial charge >= 0.3 is 5.97 Å². The molecule has 0 unspecified atom stereocenters. The van der Waals surface area contributed by atoms with Crippen molar-refractivity contribution in [2.45, 2.75) is 30.2 Å². The summed E-state index contributed by atoms with van der Waals surface area (Å²) < 4.78 is 53.3. The number of hydrogen-bond donors (Lipinski definition) is 2. The van der Waals surface area contributed by atoms with E-state index in [1.54, 1.807) is 30.3 Å². The largest absolute Gasteiger partial charge is 0.497 e. The Morgan fingerprint density at radius 1 is 1.12 bits per heavy atom. The van der Waals surface area contributed by atoms with Crippen molar-refractivity contribution in [2.24, 2.45) is 0 Å². The molecule has 0 saturated carbocycles. The Balaban J connectivity index is 1.56. The Morgan fingerprint density at radius 3 is 2.59 bits per heavy atom. The van der Waals surface area contributed by atoms with Gasteiger partial charge < -0.3 is 14.6 Å². The summed E-state index contributed by atoms with van der Waals surface area (Å²) in [5, 5.41) is 8.90. The van der Waals surface area contributed by atoms with Crippen molar-refractivity contribution in [1.82, 2.24) is 4.72 Å². The van der Waals surface area contributed by atoms with E-state index in [-0.39, 0.29) is 4.90 Å². The molecule has 0 amide bonds. The number of carboxylic acid groups (broad SMARTS) is 1. The topological polar surface area (TPSA) is 102 Å². The van der Waals surface area contributed by atoms with Crippen LogP contribution < -0.4 is 14.2 Å². The van der Waals surface area contributed by atoms with E-state index in [2.05, 4.69) is 4.72 Å². The minimum Gasteiger partial charge on any atom is -0.497 e. The number of carboxylic acids is 1. The molecule has 0 aromatic heterocycles. The molecule has 1 atom stereocenters. The Bertz CT molecular complexity index is 1310. The lowest BCUT2D eigenvalue weighted by Gasteiger charge is -2.27. The molecule has 0 bridgehead atoms. The van der Waals surface area contributed by atoms with Gasteiger partial charge in [-0.3, -0.25) is 0 Å². The third-order valence-electron chi connectivity index (χ3n) is 5.72. The minimum absolute atomic E-state index is 0.0880. The first-order valence-corrected chi connectivity index (χ1v) is 12.2. The molecule has 3 aromatic carbocycles. The number of fused-ring (bicyclic) bond motifs is 1. The van der Waals surface area contributed by atoms with Crippen LogP contribution >= 0.6 is 0 Å². The molecule has 7 nitrogen and oxygen atoms in total. The molecule has 3 aromatic rings. The van der Waals surface area contributed by atoms with Crippen molar-refractivity contribution in [3.05, 3.63) is 77.6 Å². The summed E-state index contributed by atoms with van der Waals surface area (Å²) in [5.74, 6) is -0.698. The maximum Gasteiger partial charge on any atom is 0.341 e. The minimum atomic E-state index is -3.84. The van der Waals surface area contributed by atoms with Crippen molar-refractivity contribution < 1.29 is 32.2 Å². The number of ether oxygens (including phenoxy) is 2. The molecule has 0 spiro atoms. The highest BCUT2D eigenvalue weighted by Crippen LogP contribution is 2.36. The maximum absolute atomic E-state index is 13.8. The SMILES string of the molecule is COc1cc(F)cc(-c2ccc(S(=O)(=O)N[C@@H]3CCCc4c(OCC(=O)O)cccc43)cc2)c1. The van der Waals surface area contributed by atoms with Crippen LogP contribution in [0.4, 0.5) is 4.39 Å². The van der Waals surface area contributed by atoms with E-state index >= 15 is 0 Å². The third kappa shape index (κ3) is 5.21. The number of aliphatic carboxylic acids is 1. The molecular formula is C25H24FNO6S. The fraction of sp³-hybridized carbons (Fsp3) is 0.240. The van der Waals surface area contributed by atoms with Crippen molar-refractivity contribution >= 4 is 16.0 Å². The standard InChI is InChI=1S/C25H24FNO6S/c1-32-19-13-17(12-18(26)14-19)16-8-10-20(11-9-16)34(30,31)27-23-6-2-5-22-21(23)4-3-7-24(22)33-15-25(28)29/h3-4,7-14,23,27H,2,5-6,15H2,1H3,(H,28,29)/t23-/m1/s1. The highest BCUT2D eigenvalue weighted by Gasteiger charge is 2.27. The number of carbonyl (C=O) groups is 1. The first-order chi connectivity index (χ1) is 16.3. The smallest absolute Gasteiger partial charge is 0.341 e. The lowest BCUT2D eigenvalue weighted by atomic mass is 9.87. The molecular weight excluding hydrogens is 461 g/mol. The normalized spacial score (nSPS) is 15.4. The molecule has 178 valence electrons. The van der Waals surface area contributed by atoms with Gasteiger partial charge in [0.15, 0.2) is 6.61 Å². The fourth-order valence-electron chi connectivity index (χ4n) is 4.14. The lowest BCUT2D eigenvalue weighted by Crippen LogP contribution is -2.31. The maximum atomic E-state index is 13.8. The average Bonchev–Trinajstić information content (AvgIpc) is 2.82. The number of nitrogens with one attached hydrogen (secondary N) is 1. The zero-order valence-corrected chi connectivity index (χ0v) is 19.3. The highest BCUT2D eigenvalue weighted by atomic mass is 32.2. The fourth-order valence-corrected chi connectivity index (χ4v) is 5.39. The number of hydrogen-bond acceptors (Lipinski definition) is 5. The molecule has 1 aliphatic rings. The summed E-state index contributed by atoms with van der Waals surface area (Å²) in [7, 11) is -2.40. The Morgan fingerprint density at radius 2 is 1.88 bits per heavy atom. The Labute approximate surface area is 197 Å². The van der Waals surface area contributed by atoms with Gasteiger partial charge in [-0.25, -0.2) is 22.3 Å². The van der Waals surface area contributed by atoms with Gasteiger partial charge in [0.1, 0.15) is 17.3 Å². The van der Waals surface area contributed by atoms with E-state index in [1.807, 2.05) is 6.07 Å². The van der Waals surface area contributed by atoms with Crippen molar-refractivity contribution in [3.63, 3.8) is 0 Å². The molecule has 0 radical (unpaired) electrons. The second-order valence-electron chi connectivity index (χ2n) is 7.98. The van der Waals surface area contributed by atoms with Gasteiger partial charge in [-0.15, -0.1) is 0 Å². The average molecular weight is 486 g/mol. The van der Waals surface area contributed by atoms with Crippen LogP contribution in [0, 0.1) is 5.82 Å². The number of sulfonamides is 1. The monoisotopic (exact) mass is 485 g/mol. The number of halogens is 1. The lowest BCUT2D eigenvalue weighted by molar-refractivity contribution is -0.139. The predicted molar refractivity (Wildman–Crippen MR) is 124 cm³/mol. The zero-order chi connectivity index (χ0) is 24.3. The number of rotatable bonds is 8. The van der Waals surface area contributed by atoms with Gasteiger partial charge in [0.25, 0.3) is 0 Å². The van der Waals surface area contributed by atoms with Gasteiger partial charge in [-0.1, -0.05) is 24.3 Å². The molecule has 0 aliphatic heterocycles. The van der Waals surface area contributed by atoms with Crippen molar-refractivity contribution in [3.8, 4) is 22.6 Å². The van der Waals surface area contributed by atoms with Crippen LogP contribution in [0.5, 0.6) is 11.5 Å². The first-order valence-electron chi connectivity index (χ1n) is 10.7. The summed E-state index contributed by atoms with van der Waals surface area (Å²) >= 11 is 0. The van der Waals surface area contributed by atoms with Gasteiger partial charge in [0.2, 0.25) is 10.0 Å². The Kier molecular flexibility index (Phi) is 6.85. The first kappa shape index (κ1) is 23.7. The van der Waals surface area contributed by atoms with E-state index in [9.17, 15) is 17.6 Å². The predicted octanol–water partition coefficient (Wildman–Crippen LogP) is 4.32. The summed E-state index contributed by atoms with van der Waals surface area (Å²) in [6, 6.07) is 15.3. The summed E-state index contributed by atoms with van der Waals surface area (Å²) in [6.45, 7) is -0.462. The van der Waals surface area contributed by atoms with Crippen LogP contribution in [-0.2, 0) is 21.2 Å². The number of benzene rings is 3. The van der Waals surface area contributed by atoms with E-state index in [1.165, 1.54) is 31.4 Å². The van der Waals surface area contributed by atoms with Crippen LogP contribution in [0.1, 0.15) is 30.0 Å². The van der Waals surface area contributed by atoms with Gasteiger partial charge in [-0.05, 0) is 71.8 Å². The summed E-state index contributed by atoms with van der Waals surface area (Å²) in [5.41, 5.74) is 2.82. The van der Waals surface area contributed by atoms with Crippen molar-refractivity contribution in [1.29, 1.82) is 0 Å².